The van der Waals surface area contributed by atoms with Crippen LogP contribution in [0.2, 0.25) is 0 Å². The summed E-state index contributed by atoms with van der Waals surface area (Å²) in [6.45, 7) is 2.22. The van der Waals surface area contributed by atoms with Crippen molar-refractivity contribution in [3.05, 3.63) is 41.3 Å². The van der Waals surface area contributed by atoms with Crippen LogP contribution in [0.4, 0.5) is 4.39 Å². The maximum atomic E-state index is 13.2. The predicted octanol–water partition coefficient (Wildman–Crippen LogP) is 3.61. The van der Waals surface area contributed by atoms with E-state index in [0.717, 1.165) is 48.9 Å². The van der Waals surface area contributed by atoms with Crippen molar-refractivity contribution in [3.8, 4) is 11.3 Å². The van der Waals surface area contributed by atoms with Crippen LogP contribution < -0.4 is 5.32 Å². The Morgan fingerprint density at radius 2 is 1.89 bits per heavy atom. The van der Waals surface area contributed by atoms with Gasteiger partial charge in [-0.1, -0.05) is 19.3 Å². The maximum Gasteiger partial charge on any atom is 0.303 e. The highest BCUT2D eigenvalue weighted by atomic mass is 19.1. The standard InChI is InChI=1S/C21H26FN3O3/c1-14-17(20(25-24-14)15-5-7-16(22)8-6-15)11-18(26)23-13-21(12-19(27)28)9-3-2-4-10-21/h5-8H,2-4,9-13H2,1H3,(H,23,26)(H,24,25)(H,27,28). The Bertz CT molecular complexity index is 839. The van der Waals surface area contributed by atoms with Gasteiger partial charge in [0.1, 0.15) is 5.82 Å². The van der Waals surface area contributed by atoms with E-state index in [-0.39, 0.29) is 30.0 Å². The van der Waals surface area contributed by atoms with Crippen molar-refractivity contribution >= 4 is 11.9 Å². The number of carbonyl (C=O) groups is 2. The Balaban J connectivity index is 1.69. The molecule has 3 rings (SSSR count). The van der Waals surface area contributed by atoms with E-state index in [0.29, 0.717) is 12.2 Å². The fraction of sp³-hybridized carbons (Fsp3) is 0.476. The molecule has 0 atom stereocenters. The van der Waals surface area contributed by atoms with Crippen molar-refractivity contribution in [2.75, 3.05) is 6.54 Å². The number of nitrogens with zero attached hydrogens (tertiary/aromatic N) is 1. The average molecular weight is 387 g/mol. The van der Waals surface area contributed by atoms with Crippen LogP contribution in [0.3, 0.4) is 0 Å². The monoisotopic (exact) mass is 387 g/mol. The number of halogens is 1. The Morgan fingerprint density at radius 1 is 1.21 bits per heavy atom. The van der Waals surface area contributed by atoms with Crippen molar-refractivity contribution in [3.63, 3.8) is 0 Å². The third kappa shape index (κ3) is 4.77. The van der Waals surface area contributed by atoms with Crippen LogP contribution in [0.25, 0.3) is 11.3 Å². The Morgan fingerprint density at radius 3 is 2.54 bits per heavy atom. The maximum absolute atomic E-state index is 13.2. The van der Waals surface area contributed by atoms with Crippen molar-refractivity contribution in [1.82, 2.24) is 15.5 Å². The largest absolute Gasteiger partial charge is 0.481 e. The summed E-state index contributed by atoms with van der Waals surface area (Å²) in [5.41, 5.74) is 2.56. The van der Waals surface area contributed by atoms with Gasteiger partial charge in [-0.15, -0.1) is 0 Å². The molecule has 1 aliphatic rings. The Labute approximate surface area is 163 Å². The average Bonchev–Trinajstić information content (AvgIpc) is 3.01. The van der Waals surface area contributed by atoms with Crippen LogP contribution in [0, 0.1) is 18.2 Å². The van der Waals surface area contributed by atoms with E-state index < -0.39 is 5.97 Å². The quantitative estimate of drug-likeness (QED) is 0.676. The SMILES string of the molecule is Cc1[nH]nc(-c2ccc(F)cc2)c1CC(=O)NCC1(CC(=O)O)CCCCC1. The third-order valence-electron chi connectivity index (χ3n) is 5.63. The molecule has 1 aliphatic carbocycles. The van der Waals surface area contributed by atoms with Crippen LogP contribution in [0.15, 0.2) is 24.3 Å². The van der Waals surface area contributed by atoms with E-state index >= 15 is 0 Å². The molecule has 0 unspecified atom stereocenters. The molecule has 1 fully saturated rings. The molecule has 0 saturated heterocycles. The number of aryl methyl sites for hydroxylation is 1. The van der Waals surface area contributed by atoms with Gasteiger partial charge in [0, 0.05) is 23.4 Å². The number of aromatic nitrogens is 2. The van der Waals surface area contributed by atoms with Gasteiger partial charge in [-0.2, -0.15) is 5.10 Å². The number of H-pyrrole nitrogens is 1. The first-order chi connectivity index (χ1) is 13.4. The van der Waals surface area contributed by atoms with Gasteiger partial charge in [-0.05, 0) is 49.4 Å². The number of aliphatic carboxylic acids is 1. The summed E-state index contributed by atoms with van der Waals surface area (Å²) in [6, 6.07) is 6.00. The third-order valence-corrected chi connectivity index (χ3v) is 5.63. The van der Waals surface area contributed by atoms with Gasteiger partial charge < -0.3 is 10.4 Å². The van der Waals surface area contributed by atoms with E-state index in [1.54, 1.807) is 12.1 Å². The molecule has 28 heavy (non-hydrogen) atoms. The number of carboxylic acids is 1. The fourth-order valence-corrected chi connectivity index (χ4v) is 4.06. The normalized spacial score (nSPS) is 15.9. The minimum atomic E-state index is -0.819. The van der Waals surface area contributed by atoms with Gasteiger partial charge in [-0.3, -0.25) is 14.7 Å². The summed E-state index contributed by atoms with van der Waals surface area (Å²) < 4.78 is 13.2. The Kier molecular flexibility index (Phi) is 6.11. The van der Waals surface area contributed by atoms with E-state index in [1.165, 1.54) is 12.1 Å². The zero-order valence-electron chi connectivity index (χ0n) is 16.1. The molecule has 150 valence electrons. The van der Waals surface area contributed by atoms with Gasteiger partial charge in [0.25, 0.3) is 0 Å². The molecule has 1 amide bonds. The molecule has 0 spiro atoms. The van der Waals surface area contributed by atoms with Gasteiger partial charge >= 0.3 is 5.97 Å². The second kappa shape index (κ2) is 8.54. The van der Waals surface area contributed by atoms with Crippen molar-refractivity contribution in [1.29, 1.82) is 0 Å². The molecule has 0 aliphatic heterocycles. The fourth-order valence-electron chi connectivity index (χ4n) is 4.06. The number of hydrogen-bond acceptors (Lipinski definition) is 3. The zero-order chi connectivity index (χ0) is 20.1. The van der Waals surface area contributed by atoms with E-state index in [1.807, 2.05) is 6.92 Å². The predicted molar refractivity (Wildman–Crippen MR) is 103 cm³/mol. The van der Waals surface area contributed by atoms with Crippen LogP contribution in [-0.4, -0.2) is 33.7 Å². The number of rotatable bonds is 7. The number of carboxylic acid groups (broad SMARTS) is 1. The Hall–Kier alpha value is -2.70. The smallest absolute Gasteiger partial charge is 0.303 e. The number of benzene rings is 1. The minimum Gasteiger partial charge on any atom is -0.481 e. The highest BCUT2D eigenvalue weighted by Gasteiger charge is 2.34. The first-order valence-electron chi connectivity index (χ1n) is 9.67. The van der Waals surface area contributed by atoms with E-state index in [2.05, 4.69) is 15.5 Å². The lowest BCUT2D eigenvalue weighted by Gasteiger charge is -2.36. The van der Waals surface area contributed by atoms with Gasteiger partial charge in [0.15, 0.2) is 0 Å². The molecule has 2 aromatic rings. The van der Waals surface area contributed by atoms with E-state index in [9.17, 15) is 19.1 Å². The lowest BCUT2D eigenvalue weighted by Crippen LogP contribution is -2.41. The molecular weight excluding hydrogens is 361 g/mol. The van der Waals surface area contributed by atoms with Crippen LogP contribution in [-0.2, 0) is 16.0 Å². The number of carbonyl (C=O) groups excluding carboxylic acids is 1. The topological polar surface area (TPSA) is 95.1 Å². The van der Waals surface area contributed by atoms with Gasteiger partial charge in [-0.25, -0.2) is 4.39 Å². The molecule has 1 aromatic heterocycles. The van der Waals surface area contributed by atoms with Crippen LogP contribution >= 0.6 is 0 Å². The summed E-state index contributed by atoms with van der Waals surface area (Å²) in [7, 11) is 0. The highest BCUT2D eigenvalue weighted by molar-refractivity contribution is 5.81. The second-order valence-corrected chi connectivity index (χ2v) is 7.77. The van der Waals surface area contributed by atoms with Gasteiger partial charge in [0.05, 0.1) is 18.5 Å². The molecule has 0 bridgehead atoms. The first-order valence-corrected chi connectivity index (χ1v) is 9.67. The molecule has 1 saturated carbocycles. The lowest BCUT2D eigenvalue weighted by molar-refractivity contribution is -0.140. The first kappa shape index (κ1) is 20.0. The van der Waals surface area contributed by atoms with Crippen LogP contribution in [0.5, 0.6) is 0 Å². The number of hydrogen-bond donors (Lipinski definition) is 3. The minimum absolute atomic E-state index is 0.0822. The highest BCUT2D eigenvalue weighted by Crippen LogP contribution is 2.38. The summed E-state index contributed by atoms with van der Waals surface area (Å²) in [5, 5.41) is 19.4. The van der Waals surface area contributed by atoms with Crippen molar-refractivity contribution in [2.45, 2.75) is 51.9 Å². The van der Waals surface area contributed by atoms with Crippen LogP contribution in [0.1, 0.15) is 49.8 Å². The molecule has 6 nitrogen and oxygen atoms in total. The summed E-state index contributed by atoms with van der Waals surface area (Å²) >= 11 is 0. The summed E-state index contributed by atoms with van der Waals surface area (Å²) in [5.74, 6) is -1.31. The molecule has 1 heterocycles. The summed E-state index contributed by atoms with van der Waals surface area (Å²) in [6.07, 6.45) is 4.98. The molecule has 1 aromatic carbocycles. The number of aromatic amines is 1. The number of amides is 1. The molecular formula is C21H26FN3O3. The number of nitrogens with one attached hydrogen (secondary N) is 2. The molecule has 0 radical (unpaired) electrons. The second-order valence-electron chi connectivity index (χ2n) is 7.77. The molecule has 3 N–H and O–H groups in total. The van der Waals surface area contributed by atoms with Gasteiger partial charge in [0.2, 0.25) is 5.91 Å². The van der Waals surface area contributed by atoms with Crippen molar-refractivity contribution in [2.24, 2.45) is 5.41 Å². The van der Waals surface area contributed by atoms with E-state index in [4.69, 9.17) is 0 Å². The molecule has 7 heteroatoms. The lowest BCUT2D eigenvalue weighted by atomic mass is 9.71. The van der Waals surface area contributed by atoms with Crippen molar-refractivity contribution < 1.29 is 19.1 Å². The zero-order valence-corrected chi connectivity index (χ0v) is 16.1. The summed E-state index contributed by atoms with van der Waals surface area (Å²) in [4.78, 5) is 23.9.